The van der Waals surface area contributed by atoms with Gasteiger partial charge in [-0.3, -0.25) is 0 Å². The summed E-state index contributed by atoms with van der Waals surface area (Å²) in [5, 5.41) is 18.7. The lowest BCUT2D eigenvalue weighted by Crippen LogP contribution is -2.12. The predicted octanol–water partition coefficient (Wildman–Crippen LogP) is 4.17. The van der Waals surface area contributed by atoms with Gasteiger partial charge in [0.2, 0.25) is 0 Å². The van der Waals surface area contributed by atoms with E-state index in [1.165, 1.54) is 19.2 Å². The summed E-state index contributed by atoms with van der Waals surface area (Å²) in [7, 11) is 1.54. The molecule has 1 heterocycles. The number of carboxylic acids is 1. The van der Waals surface area contributed by atoms with E-state index in [1.54, 1.807) is 30.5 Å². The highest BCUT2D eigenvalue weighted by atomic mass is 16.5. The fourth-order valence-corrected chi connectivity index (χ4v) is 3.12. The highest BCUT2D eigenvalue weighted by molar-refractivity contribution is 5.93. The second kappa shape index (κ2) is 8.37. The Morgan fingerprint density at radius 2 is 2.04 bits per heavy atom. The molecule has 0 amide bonds. The molecule has 0 saturated heterocycles. The minimum Gasteiger partial charge on any atom is -0.485 e. The van der Waals surface area contributed by atoms with Crippen LogP contribution in [-0.4, -0.2) is 29.3 Å². The molecule has 6 heteroatoms. The molecule has 0 bridgehead atoms. The monoisotopic (exact) mass is 364 g/mol. The second-order valence-electron chi connectivity index (χ2n) is 6.36. The summed E-state index contributed by atoms with van der Waals surface area (Å²) in [6.45, 7) is 0. The van der Waals surface area contributed by atoms with Gasteiger partial charge in [-0.1, -0.05) is 12.1 Å². The van der Waals surface area contributed by atoms with Gasteiger partial charge in [0.15, 0.2) is 5.75 Å². The van der Waals surface area contributed by atoms with E-state index in [-0.39, 0.29) is 11.7 Å². The van der Waals surface area contributed by atoms with E-state index < -0.39 is 5.97 Å². The van der Waals surface area contributed by atoms with Crippen LogP contribution in [0, 0.1) is 11.3 Å². The van der Waals surface area contributed by atoms with Crippen LogP contribution < -0.4 is 9.47 Å². The van der Waals surface area contributed by atoms with Crippen LogP contribution in [0.25, 0.3) is 11.6 Å². The fraction of sp³-hybridized carbons (Fsp3) is 0.286. The molecule has 0 aliphatic heterocycles. The number of aromatic nitrogens is 1. The number of hydrogen-bond acceptors (Lipinski definition) is 5. The number of hydrogen-bond donors (Lipinski definition) is 1. The van der Waals surface area contributed by atoms with E-state index in [1.807, 2.05) is 0 Å². The van der Waals surface area contributed by atoms with Gasteiger partial charge in [0.05, 0.1) is 30.4 Å². The largest absolute Gasteiger partial charge is 0.485 e. The first-order valence-electron chi connectivity index (χ1n) is 8.77. The first kappa shape index (κ1) is 18.5. The average Bonchev–Trinajstić information content (AvgIpc) is 3.19. The summed E-state index contributed by atoms with van der Waals surface area (Å²) in [5.74, 6) is -0.0762. The van der Waals surface area contributed by atoms with Gasteiger partial charge in [0.25, 0.3) is 5.88 Å². The van der Waals surface area contributed by atoms with E-state index in [0.717, 1.165) is 25.7 Å². The smallest absolute Gasteiger partial charge is 0.335 e. The minimum atomic E-state index is -1.03. The van der Waals surface area contributed by atoms with E-state index in [0.29, 0.717) is 28.3 Å². The van der Waals surface area contributed by atoms with E-state index >= 15 is 0 Å². The van der Waals surface area contributed by atoms with Gasteiger partial charge in [-0.05, 0) is 61.1 Å². The zero-order valence-electron chi connectivity index (χ0n) is 15.0. The lowest BCUT2D eigenvalue weighted by molar-refractivity contribution is 0.0697. The number of carbonyl (C=O) groups is 1. The number of benzene rings is 1. The molecule has 3 rings (SSSR count). The van der Waals surface area contributed by atoms with Crippen molar-refractivity contribution in [3.63, 3.8) is 0 Å². The summed E-state index contributed by atoms with van der Waals surface area (Å²) in [6, 6.07) is 10.2. The average molecular weight is 364 g/mol. The van der Waals surface area contributed by atoms with Crippen molar-refractivity contribution >= 4 is 17.6 Å². The Labute approximate surface area is 157 Å². The van der Waals surface area contributed by atoms with Crippen molar-refractivity contribution in [3.05, 3.63) is 53.2 Å². The molecule has 1 saturated carbocycles. The molecule has 1 aliphatic rings. The maximum atomic E-state index is 11.2. The number of allylic oxidation sites excluding steroid dienone is 1. The van der Waals surface area contributed by atoms with Crippen LogP contribution in [0.4, 0.5) is 0 Å². The predicted molar refractivity (Wildman–Crippen MR) is 101 cm³/mol. The Kier molecular flexibility index (Phi) is 5.72. The summed E-state index contributed by atoms with van der Waals surface area (Å²) in [6.07, 6.45) is 7.73. The van der Waals surface area contributed by atoms with E-state index in [9.17, 15) is 10.1 Å². The molecule has 1 fully saturated rings. The number of ether oxygens (including phenoxy) is 2. The standard InChI is InChI=1S/C21H20N2O4/c1-26-20-19(27-18-7-2-3-8-18)10-14(13-23-20)9-17(12-22)15-5-4-6-16(11-15)21(24)25/h4-6,9-11,13,18H,2-3,7-8H2,1H3,(H,24,25). The minimum absolute atomic E-state index is 0.131. The Bertz CT molecular complexity index is 909. The lowest BCUT2D eigenvalue weighted by Gasteiger charge is -2.15. The van der Waals surface area contributed by atoms with Crippen molar-refractivity contribution in [1.29, 1.82) is 5.26 Å². The number of nitriles is 1. The van der Waals surface area contributed by atoms with Gasteiger partial charge in [-0.25, -0.2) is 9.78 Å². The molecule has 138 valence electrons. The lowest BCUT2D eigenvalue weighted by atomic mass is 10.0. The van der Waals surface area contributed by atoms with Crippen LogP contribution in [-0.2, 0) is 0 Å². The molecule has 0 unspecified atom stereocenters. The molecule has 1 aliphatic carbocycles. The SMILES string of the molecule is COc1ncc(C=C(C#N)c2cccc(C(=O)O)c2)cc1OC1CCCC1. The van der Waals surface area contributed by atoms with Crippen molar-refractivity contribution in [3.8, 4) is 17.7 Å². The summed E-state index contributed by atoms with van der Waals surface area (Å²) in [4.78, 5) is 15.4. The molecule has 1 aromatic carbocycles. The molecular formula is C21H20N2O4. The number of rotatable bonds is 6. The summed E-state index contributed by atoms with van der Waals surface area (Å²) >= 11 is 0. The van der Waals surface area contributed by atoms with Crippen molar-refractivity contribution < 1.29 is 19.4 Å². The number of nitrogens with zero attached hydrogens (tertiary/aromatic N) is 2. The maximum absolute atomic E-state index is 11.2. The van der Waals surface area contributed by atoms with Crippen LogP contribution in [0.1, 0.15) is 47.2 Å². The third-order valence-corrected chi connectivity index (χ3v) is 4.48. The molecule has 1 aromatic heterocycles. The number of carboxylic acid groups (broad SMARTS) is 1. The van der Waals surface area contributed by atoms with Crippen molar-refractivity contribution in [2.24, 2.45) is 0 Å². The van der Waals surface area contributed by atoms with Gasteiger partial charge in [0.1, 0.15) is 0 Å². The summed E-state index contributed by atoms with van der Waals surface area (Å²) in [5.41, 5.74) is 1.69. The third kappa shape index (κ3) is 4.45. The van der Waals surface area contributed by atoms with Crippen molar-refractivity contribution in [2.75, 3.05) is 7.11 Å². The van der Waals surface area contributed by atoms with Crippen molar-refractivity contribution in [1.82, 2.24) is 4.98 Å². The normalized spacial score (nSPS) is 14.6. The van der Waals surface area contributed by atoms with Gasteiger partial charge >= 0.3 is 5.97 Å². The van der Waals surface area contributed by atoms with Gasteiger partial charge in [-0.2, -0.15) is 5.26 Å². The van der Waals surface area contributed by atoms with E-state index in [2.05, 4.69) is 11.1 Å². The van der Waals surface area contributed by atoms with Gasteiger partial charge in [-0.15, -0.1) is 0 Å². The van der Waals surface area contributed by atoms with Crippen LogP contribution >= 0.6 is 0 Å². The summed E-state index contributed by atoms with van der Waals surface area (Å²) < 4.78 is 11.3. The van der Waals surface area contributed by atoms with E-state index in [4.69, 9.17) is 14.6 Å². The molecule has 6 nitrogen and oxygen atoms in total. The Morgan fingerprint density at radius 1 is 1.30 bits per heavy atom. The molecule has 0 atom stereocenters. The van der Waals surface area contributed by atoms with Crippen LogP contribution in [0.15, 0.2) is 36.5 Å². The Hall–Kier alpha value is -3.33. The second-order valence-corrected chi connectivity index (χ2v) is 6.36. The molecule has 0 radical (unpaired) electrons. The number of methoxy groups -OCH3 is 1. The molecule has 1 N–H and O–H groups in total. The van der Waals surface area contributed by atoms with Crippen LogP contribution in [0.3, 0.4) is 0 Å². The Morgan fingerprint density at radius 3 is 2.70 bits per heavy atom. The zero-order valence-corrected chi connectivity index (χ0v) is 15.0. The fourth-order valence-electron chi connectivity index (χ4n) is 3.12. The molecule has 27 heavy (non-hydrogen) atoms. The van der Waals surface area contributed by atoms with Gasteiger partial charge < -0.3 is 14.6 Å². The molecule has 0 spiro atoms. The maximum Gasteiger partial charge on any atom is 0.335 e. The van der Waals surface area contributed by atoms with Crippen LogP contribution in [0.2, 0.25) is 0 Å². The molecule has 2 aromatic rings. The highest BCUT2D eigenvalue weighted by Crippen LogP contribution is 2.31. The number of aromatic carboxylic acids is 1. The first-order chi connectivity index (χ1) is 13.1. The Balaban J connectivity index is 1.93. The third-order valence-electron chi connectivity index (χ3n) is 4.48. The van der Waals surface area contributed by atoms with Gasteiger partial charge in [0, 0.05) is 6.20 Å². The number of pyridine rings is 1. The van der Waals surface area contributed by atoms with Crippen molar-refractivity contribution in [2.45, 2.75) is 31.8 Å². The first-order valence-corrected chi connectivity index (χ1v) is 8.77. The molecular weight excluding hydrogens is 344 g/mol. The van der Waals surface area contributed by atoms with Crippen LogP contribution in [0.5, 0.6) is 11.6 Å². The zero-order chi connectivity index (χ0) is 19.2. The quantitative estimate of drug-likeness (QED) is 0.773. The topological polar surface area (TPSA) is 92.4 Å². The highest BCUT2D eigenvalue weighted by Gasteiger charge is 2.19.